The maximum atomic E-state index is 12.3. The van der Waals surface area contributed by atoms with Crippen molar-refractivity contribution < 1.29 is 4.79 Å². The third-order valence-electron chi connectivity index (χ3n) is 4.37. The standard InChI is InChI=1S/C17H19ClN6O/c18-12-9-14-15(22-17(21-14)24-8-4-5-19-24)10-13(12)20-16(25)11-23-6-2-1-3-7-23/h4-5,8-10H,1-3,6-7,11H2,(H,20,25)(H,21,22). The van der Waals surface area contributed by atoms with Gasteiger partial charge in [0.2, 0.25) is 11.9 Å². The van der Waals surface area contributed by atoms with Crippen LogP contribution in [-0.2, 0) is 4.79 Å². The first-order valence-corrected chi connectivity index (χ1v) is 8.78. The number of benzene rings is 1. The van der Waals surface area contributed by atoms with Gasteiger partial charge in [0.05, 0.1) is 28.3 Å². The normalized spacial score (nSPS) is 15.6. The van der Waals surface area contributed by atoms with Crippen LogP contribution in [0.3, 0.4) is 0 Å². The SMILES string of the molecule is O=C(CN1CCCCC1)Nc1cc2nc(-n3cccn3)[nH]c2cc1Cl. The van der Waals surface area contributed by atoms with Gasteiger partial charge in [0.25, 0.3) is 0 Å². The van der Waals surface area contributed by atoms with Gasteiger partial charge in [-0.2, -0.15) is 5.10 Å². The van der Waals surface area contributed by atoms with Crippen LogP contribution in [0.1, 0.15) is 19.3 Å². The van der Waals surface area contributed by atoms with E-state index in [-0.39, 0.29) is 5.91 Å². The topological polar surface area (TPSA) is 78.8 Å². The number of carbonyl (C=O) groups excluding carboxylic acids is 1. The predicted octanol–water partition coefficient (Wildman–Crippen LogP) is 2.83. The molecule has 1 aromatic carbocycles. The molecule has 0 atom stereocenters. The molecule has 1 fully saturated rings. The van der Waals surface area contributed by atoms with Crippen molar-refractivity contribution in [2.24, 2.45) is 0 Å². The van der Waals surface area contributed by atoms with Crippen LogP contribution in [0.25, 0.3) is 17.0 Å². The summed E-state index contributed by atoms with van der Waals surface area (Å²) in [6.07, 6.45) is 7.05. The molecule has 0 radical (unpaired) electrons. The Balaban J connectivity index is 1.52. The van der Waals surface area contributed by atoms with E-state index in [0.29, 0.717) is 23.2 Å². The lowest BCUT2D eigenvalue weighted by atomic mass is 10.1. The van der Waals surface area contributed by atoms with Crippen LogP contribution in [0.4, 0.5) is 5.69 Å². The van der Waals surface area contributed by atoms with E-state index >= 15 is 0 Å². The van der Waals surface area contributed by atoms with Crippen molar-refractivity contribution in [3.8, 4) is 5.95 Å². The van der Waals surface area contributed by atoms with Gasteiger partial charge < -0.3 is 10.3 Å². The molecule has 2 N–H and O–H groups in total. The monoisotopic (exact) mass is 358 g/mol. The molecule has 1 aliphatic heterocycles. The number of nitrogens with zero attached hydrogens (tertiary/aromatic N) is 4. The molecule has 2 aromatic heterocycles. The minimum atomic E-state index is -0.0500. The van der Waals surface area contributed by atoms with E-state index in [0.717, 1.165) is 37.0 Å². The van der Waals surface area contributed by atoms with Crippen LogP contribution in [0, 0.1) is 0 Å². The Hall–Kier alpha value is -2.38. The van der Waals surface area contributed by atoms with Gasteiger partial charge in [-0.3, -0.25) is 9.69 Å². The van der Waals surface area contributed by atoms with Crippen molar-refractivity contribution in [3.63, 3.8) is 0 Å². The van der Waals surface area contributed by atoms with E-state index in [9.17, 15) is 4.79 Å². The Labute approximate surface area is 150 Å². The van der Waals surface area contributed by atoms with E-state index < -0.39 is 0 Å². The van der Waals surface area contributed by atoms with Gasteiger partial charge >= 0.3 is 0 Å². The number of nitrogens with one attached hydrogen (secondary N) is 2. The zero-order valence-electron chi connectivity index (χ0n) is 13.7. The highest BCUT2D eigenvalue weighted by atomic mass is 35.5. The summed E-state index contributed by atoms with van der Waals surface area (Å²) in [7, 11) is 0. The fourth-order valence-corrected chi connectivity index (χ4v) is 3.34. The van der Waals surface area contributed by atoms with Crippen LogP contribution in [0.15, 0.2) is 30.6 Å². The number of carbonyl (C=O) groups is 1. The summed E-state index contributed by atoms with van der Waals surface area (Å²) >= 11 is 6.33. The van der Waals surface area contributed by atoms with Gasteiger partial charge in [0.15, 0.2) is 0 Å². The second-order valence-corrected chi connectivity index (χ2v) is 6.65. The molecule has 3 heterocycles. The zero-order chi connectivity index (χ0) is 17.2. The van der Waals surface area contributed by atoms with Crippen LogP contribution in [-0.4, -0.2) is 50.2 Å². The fourth-order valence-electron chi connectivity index (χ4n) is 3.13. The Morgan fingerprint density at radius 3 is 2.88 bits per heavy atom. The summed E-state index contributed by atoms with van der Waals surface area (Å²) in [5.41, 5.74) is 2.10. The van der Waals surface area contributed by atoms with E-state index in [4.69, 9.17) is 11.6 Å². The molecular formula is C17H19ClN6O. The Bertz CT molecular complexity index is 882. The van der Waals surface area contributed by atoms with E-state index in [1.807, 2.05) is 6.07 Å². The van der Waals surface area contributed by atoms with Crippen molar-refractivity contribution in [3.05, 3.63) is 35.6 Å². The van der Waals surface area contributed by atoms with E-state index in [1.54, 1.807) is 29.2 Å². The zero-order valence-corrected chi connectivity index (χ0v) is 14.5. The van der Waals surface area contributed by atoms with Crippen molar-refractivity contribution in [2.75, 3.05) is 25.0 Å². The molecule has 0 unspecified atom stereocenters. The highest BCUT2D eigenvalue weighted by molar-refractivity contribution is 6.34. The number of hydrogen-bond donors (Lipinski definition) is 2. The van der Waals surface area contributed by atoms with Crippen molar-refractivity contribution in [1.82, 2.24) is 24.6 Å². The number of amides is 1. The maximum absolute atomic E-state index is 12.3. The smallest absolute Gasteiger partial charge is 0.238 e. The van der Waals surface area contributed by atoms with Crippen molar-refractivity contribution in [1.29, 1.82) is 0 Å². The lowest BCUT2D eigenvalue weighted by Gasteiger charge is -2.25. The highest BCUT2D eigenvalue weighted by Gasteiger charge is 2.16. The van der Waals surface area contributed by atoms with Crippen molar-refractivity contribution >= 4 is 34.2 Å². The molecule has 1 aliphatic rings. The second-order valence-electron chi connectivity index (χ2n) is 6.25. The average Bonchev–Trinajstić information content (AvgIpc) is 3.25. The predicted molar refractivity (Wildman–Crippen MR) is 97.1 cm³/mol. The Kier molecular flexibility index (Phi) is 4.42. The number of hydrogen-bond acceptors (Lipinski definition) is 4. The summed E-state index contributed by atoms with van der Waals surface area (Å²) in [4.78, 5) is 22.2. The number of aromatic amines is 1. The van der Waals surface area contributed by atoms with Crippen LogP contribution in [0.2, 0.25) is 5.02 Å². The largest absolute Gasteiger partial charge is 0.324 e. The van der Waals surface area contributed by atoms with Gasteiger partial charge in [-0.25, -0.2) is 9.67 Å². The first-order chi connectivity index (χ1) is 12.2. The van der Waals surface area contributed by atoms with Gasteiger partial charge in [-0.15, -0.1) is 0 Å². The Morgan fingerprint density at radius 1 is 1.28 bits per heavy atom. The third kappa shape index (κ3) is 3.52. The number of imidazole rings is 1. The van der Waals surface area contributed by atoms with Gasteiger partial charge in [0, 0.05) is 12.4 Å². The molecule has 1 amide bonds. The average molecular weight is 359 g/mol. The molecule has 130 valence electrons. The molecular weight excluding hydrogens is 340 g/mol. The number of halogens is 1. The summed E-state index contributed by atoms with van der Waals surface area (Å²) in [5.74, 6) is 0.554. The van der Waals surface area contributed by atoms with Gasteiger partial charge in [0.1, 0.15) is 0 Å². The molecule has 0 aliphatic carbocycles. The van der Waals surface area contributed by atoms with Crippen molar-refractivity contribution in [2.45, 2.75) is 19.3 Å². The summed E-state index contributed by atoms with van der Waals surface area (Å²) < 4.78 is 1.64. The number of rotatable bonds is 4. The number of piperidine rings is 1. The van der Waals surface area contributed by atoms with E-state index in [1.165, 1.54) is 6.42 Å². The number of likely N-dealkylation sites (tertiary alicyclic amines) is 1. The highest BCUT2D eigenvalue weighted by Crippen LogP contribution is 2.27. The molecule has 1 saturated heterocycles. The summed E-state index contributed by atoms with van der Waals surface area (Å²) in [5, 5.41) is 7.54. The second kappa shape index (κ2) is 6.85. The molecule has 0 spiro atoms. The fraction of sp³-hybridized carbons (Fsp3) is 0.353. The van der Waals surface area contributed by atoms with E-state index in [2.05, 4.69) is 25.3 Å². The third-order valence-corrected chi connectivity index (χ3v) is 4.68. The first kappa shape index (κ1) is 16.1. The molecule has 7 nitrogen and oxygen atoms in total. The van der Waals surface area contributed by atoms with Crippen LogP contribution < -0.4 is 5.32 Å². The summed E-state index contributed by atoms with van der Waals surface area (Å²) in [6.45, 7) is 2.35. The minimum Gasteiger partial charge on any atom is -0.324 e. The molecule has 0 saturated carbocycles. The molecule has 8 heteroatoms. The Morgan fingerprint density at radius 2 is 2.12 bits per heavy atom. The first-order valence-electron chi connectivity index (χ1n) is 8.40. The molecule has 25 heavy (non-hydrogen) atoms. The summed E-state index contributed by atoms with van der Waals surface area (Å²) in [6, 6.07) is 5.38. The number of fused-ring (bicyclic) bond motifs is 1. The van der Waals surface area contributed by atoms with Crippen LogP contribution in [0.5, 0.6) is 0 Å². The lowest BCUT2D eigenvalue weighted by molar-refractivity contribution is -0.117. The number of anilines is 1. The molecule has 3 aromatic rings. The van der Waals surface area contributed by atoms with Gasteiger partial charge in [-0.05, 0) is 44.1 Å². The molecule has 4 rings (SSSR count). The lowest BCUT2D eigenvalue weighted by Crippen LogP contribution is -2.36. The van der Waals surface area contributed by atoms with Crippen LogP contribution >= 0.6 is 11.6 Å². The number of H-pyrrole nitrogens is 1. The molecule has 0 bridgehead atoms. The number of aromatic nitrogens is 4. The van der Waals surface area contributed by atoms with Gasteiger partial charge in [-0.1, -0.05) is 18.0 Å². The maximum Gasteiger partial charge on any atom is 0.238 e. The minimum absolute atomic E-state index is 0.0500. The quantitative estimate of drug-likeness (QED) is 0.751.